The van der Waals surface area contributed by atoms with Crippen molar-refractivity contribution in [3.63, 3.8) is 0 Å². The zero-order valence-corrected chi connectivity index (χ0v) is 12.5. The number of carbonyl (C=O) groups is 1. The molecule has 0 aliphatic carbocycles. The monoisotopic (exact) mass is 284 g/mol. The highest BCUT2D eigenvalue weighted by molar-refractivity contribution is 5.94. The van der Waals surface area contributed by atoms with Gasteiger partial charge < -0.3 is 14.8 Å². The van der Waals surface area contributed by atoms with Crippen molar-refractivity contribution in [2.24, 2.45) is 0 Å². The molecule has 5 heteroatoms. The van der Waals surface area contributed by atoms with Crippen molar-refractivity contribution in [3.8, 4) is 11.3 Å². The summed E-state index contributed by atoms with van der Waals surface area (Å²) in [6.45, 7) is 5.68. The van der Waals surface area contributed by atoms with Crippen LogP contribution in [0.5, 0.6) is 0 Å². The summed E-state index contributed by atoms with van der Waals surface area (Å²) >= 11 is 0. The molecule has 0 atom stereocenters. The number of likely N-dealkylation sites (N-methyl/N-ethyl adjacent to an activating group) is 1. The maximum Gasteiger partial charge on any atom is 0.203 e. The van der Waals surface area contributed by atoms with Crippen LogP contribution in [0, 0.1) is 0 Å². The minimum absolute atomic E-state index is 0.0873. The van der Waals surface area contributed by atoms with Crippen LogP contribution in [0.4, 0.5) is 5.95 Å². The Balaban J connectivity index is 1.76. The smallest absolute Gasteiger partial charge is 0.203 e. The summed E-state index contributed by atoms with van der Waals surface area (Å²) in [6.07, 6.45) is 1.86. The molecular weight excluding hydrogens is 264 g/mol. The molecule has 0 bridgehead atoms. The number of nitrogens with one attached hydrogen (secondary N) is 1. The van der Waals surface area contributed by atoms with E-state index in [9.17, 15) is 4.79 Å². The number of piperazine rings is 1. The largest absolute Gasteiger partial charge is 0.340 e. The Morgan fingerprint density at radius 3 is 2.43 bits per heavy atom. The molecule has 5 nitrogen and oxygen atoms in total. The van der Waals surface area contributed by atoms with Crippen LogP contribution in [-0.2, 0) is 0 Å². The lowest BCUT2D eigenvalue weighted by molar-refractivity contribution is 0.101. The standard InChI is InChI=1S/C16H20N4O/c1-12(21)13-3-5-14(6-4-13)15-11-17-16(18-15)20-9-7-19(2)8-10-20/h3-6,11H,7-10H2,1-2H3,(H,17,18). The number of hydrogen-bond acceptors (Lipinski definition) is 4. The third-order valence-electron chi connectivity index (χ3n) is 3.97. The fourth-order valence-corrected chi connectivity index (χ4v) is 2.52. The maximum atomic E-state index is 11.3. The summed E-state index contributed by atoms with van der Waals surface area (Å²) in [5.41, 5.74) is 2.77. The van der Waals surface area contributed by atoms with Crippen LogP contribution in [0.2, 0.25) is 0 Å². The van der Waals surface area contributed by atoms with E-state index in [1.54, 1.807) is 6.92 Å². The van der Waals surface area contributed by atoms with Gasteiger partial charge in [0.15, 0.2) is 5.78 Å². The summed E-state index contributed by atoms with van der Waals surface area (Å²) in [5, 5.41) is 0. The third-order valence-corrected chi connectivity index (χ3v) is 3.97. The molecule has 2 aromatic rings. The van der Waals surface area contributed by atoms with E-state index in [-0.39, 0.29) is 5.78 Å². The van der Waals surface area contributed by atoms with Gasteiger partial charge in [-0.2, -0.15) is 0 Å². The van der Waals surface area contributed by atoms with Gasteiger partial charge in [0.25, 0.3) is 0 Å². The van der Waals surface area contributed by atoms with Crippen molar-refractivity contribution >= 4 is 11.7 Å². The molecule has 0 radical (unpaired) electrons. The van der Waals surface area contributed by atoms with Gasteiger partial charge in [-0.15, -0.1) is 0 Å². The summed E-state index contributed by atoms with van der Waals surface area (Å²) in [5.74, 6) is 1.01. The molecule has 3 rings (SSSR count). The van der Waals surface area contributed by atoms with Crippen LogP contribution < -0.4 is 4.90 Å². The molecule has 1 aromatic carbocycles. The minimum atomic E-state index is 0.0873. The topological polar surface area (TPSA) is 52.2 Å². The molecule has 0 saturated carbocycles. The minimum Gasteiger partial charge on any atom is -0.340 e. The number of H-pyrrole nitrogens is 1. The number of rotatable bonds is 3. The van der Waals surface area contributed by atoms with Gasteiger partial charge in [-0.1, -0.05) is 24.3 Å². The van der Waals surface area contributed by atoms with Crippen LogP contribution in [0.3, 0.4) is 0 Å². The zero-order valence-electron chi connectivity index (χ0n) is 12.5. The highest BCUT2D eigenvalue weighted by atomic mass is 16.1. The second-order valence-corrected chi connectivity index (χ2v) is 5.54. The lowest BCUT2D eigenvalue weighted by Gasteiger charge is -2.32. The Kier molecular flexibility index (Phi) is 3.75. The summed E-state index contributed by atoms with van der Waals surface area (Å²) < 4.78 is 0. The zero-order chi connectivity index (χ0) is 14.8. The van der Waals surface area contributed by atoms with E-state index in [2.05, 4.69) is 26.8 Å². The summed E-state index contributed by atoms with van der Waals surface area (Å²) in [4.78, 5) is 23.7. The van der Waals surface area contributed by atoms with E-state index in [0.717, 1.165) is 48.9 Å². The van der Waals surface area contributed by atoms with E-state index in [0.29, 0.717) is 0 Å². The lowest BCUT2D eigenvalue weighted by Crippen LogP contribution is -2.44. The Labute approximate surface area is 124 Å². The van der Waals surface area contributed by atoms with Crippen LogP contribution in [0.25, 0.3) is 11.3 Å². The molecule has 1 aromatic heterocycles. The van der Waals surface area contributed by atoms with Crippen molar-refractivity contribution in [3.05, 3.63) is 36.0 Å². The number of hydrogen-bond donors (Lipinski definition) is 1. The number of nitrogens with zero attached hydrogens (tertiary/aromatic N) is 3. The lowest BCUT2D eigenvalue weighted by atomic mass is 10.1. The van der Waals surface area contributed by atoms with Gasteiger partial charge in [0.1, 0.15) is 0 Å². The van der Waals surface area contributed by atoms with E-state index in [4.69, 9.17) is 0 Å². The number of aromatic amines is 1. The highest BCUT2D eigenvalue weighted by Gasteiger charge is 2.16. The number of aromatic nitrogens is 2. The first-order chi connectivity index (χ1) is 10.1. The summed E-state index contributed by atoms with van der Waals surface area (Å²) in [6, 6.07) is 7.62. The van der Waals surface area contributed by atoms with Crippen molar-refractivity contribution in [1.82, 2.24) is 14.9 Å². The van der Waals surface area contributed by atoms with Crippen molar-refractivity contribution < 1.29 is 4.79 Å². The highest BCUT2D eigenvalue weighted by Crippen LogP contribution is 2.21. The second kappa shape index (κ2) is 5.69. The van der Waals surface area contributed by atoms with Crippen LogP contribution >= 0.6 is 0 Å². The molecule has 0 unspecified atom stereocenters. The number of imidazole rings is 1. The van der Waals surface area contributed by atoms with Crippen LogP contribution in [-0.4, -0.2) is 53.9 Å². The Morgan fingerprint density at radius 1 is 1.14 bits per heavy atom. The Hall–Kier alpha value is -2.14. The number of ketones is 1. The SMILES string of the molecule is CC(=O)c1ccc(-c2cnc(N3CCN(C)CC3)[nH]2)cc1. The molecule has 0 amide bonds. The molecule has 1 saturated heterocycles. The second-order valence-electron chi connectivity index (χ2n) is 5.54. The van der Waals surface area contributed by atoms with Gasteiger partial charge in [0.05, 0.1) is 11.9 Å². The molecule has 1 aliphatic rings. The van der Waals surface area contributed by atoms with Crippen molar-refractivity contribution in [1.29, 1.82) is 0 Å². The first-order valence-electron chi connectivity index (χ1n) is 7.23. The normalized spacial score (nSPS) is 16.2. The van der Waals surface area contributed by atoms with Gasteiger partial charge >= 0.3 is 0 Å². The Morgan fingerprint density at radius 2 is 1.81 bits per heavy atom. The maximum absolute atomic E-state index is 11.3. The first kappa shape index (κ1) is 13.8. The number of anilines is 1. The van der Waals surface area contributed by atoms with E-state index >= 15 is 0 Å². The molecule has 110 valence electrons. The molecular formula is C16H20N4O. The average Bonchev–Trinajstić information content (AvgIpc) is 2.98. The van der Waals surface area contributed by atoms with E-state index in [1.165, 1.54) is 0 Å². The van der Waals surface area contributed by atoms with E-state index in [1.807, 2.05) is 30.5 Å². The first-order valence-corrected chi connectivity index (χ1v) is 7.23. The number of benzene rings is 1. The van der Waals surface area contributed by atoms with Crippen molar-refractivity contribution in [2.45, 2.75) is 6.92 Å². The van der Waals surface area contributed by atoms with Crippen molar-refractivity contribution in [2.75, 3.05) is 38.1 Å². The predicted octanol–water partition coefficient (Wildman–Crippen LogP) is 2.03. The molecule has 1 aliphatic heterocycles. The van der Waals surface area contributed by atoms with Gasteiger partial charge in [0, 0.05) is 31.7 Å². The van der Waals surface area contributed by atoms with Crippen LogP contribution in [0.15, 0.2) is 30.5 Å². The predicted molar refractivity (Wildman–Crippen MR) is 83.7 cm³/mol. The fourth-order valence-electron chi connectivity index (χ4n) is 2.52. The molecule has 2 heterocycles. The summed E-state index contributed by atoms with van der Waals surface area (Å²) in [7, 11) is 2.14. The van der Waals surface area contributed by atoms with Gasteiger partial charge in [-0.3, -0.25) is 4.79 Å². The quantitative estimate of drug-likeness (QED) is 0.876. The number of Topliss-reactive ketones (excluding diaryl/α,β-unsaturated/α-hetero) is 1. The van der Waals surface area contributed by atoms with Gasteiger partial charge in [-0.05, 0) is 19.5 Å². The molecule has 21 heavy (non-hydrogen) atoms. The average molecular weight is 284 g/mol. The van der Waals surface area contributed by atoms with Gasteiger partial charge in [0.2, 0.25) is 5.95 Å². The number of carbonyl (C=O) groups excluding carboxylic acids is 1. The Bertz CT molecular complexity index is 624. The van der Waals surface area contributed by atoms with Crippen LogP contribution in [0.1, 0.15) is 17.3 Å². The molecule has 1 N–H and O–H groups in total. The third kappa shape index (κ3) is 2.97. The van der Waals surface area contributed by atoms with Gasteiger partial charge in [-0.25, -0.2) is 4.98 Å². The van der Waals surface area contributed by atoms with E-state index < -0.39 is 0 Å². The fraction of sp³-hybridized carbons (Fsp3) is 0.375. The molecule has 0 spiro atoms. The molecule has 1 fully saturated rings.